The first-order chi connectivity index (χ1) is 13.9. The summed E-state index contributed by atoms with van der Waals surface area (Å²) in [6.45, 7) is 4.19. The van der Waals surface area contributed by atoms with Crippen LogP contribution in [0.3, 0.4) is 0 Å². The fraction of sp³-hybridized carbons (Fsp3) is 0.571. The van der Waals surface area contributed by atoms with Crippen molar-refractivity contribution in [2.24, 2.45) is 5.92 Å². The van der Waals surface area contributed by atoms with Gasteiger partial charge in [-0.15, -0.1) is 0 Å². The molecule has 158 valence electrons. The van der Waals surface area contributed by atoms with Crippen molar-refractivity contribution in [1.29, 1.82) is 0 Å². The van der Waals surface area contributed by atoms with E-state index in [2.05, 4.69) is 21.3 Å². The van der Waals surface area contributed by atoms with Gasteiger partial charge in [0.15, 0.2) is 0 Å². The van der Waals surface area contributed by atoms with Crippen molar-refractivity contribution in [3.63, 3.8) is 0 Å². The van der Waals surface area contributed by atoms with Crippen LogP contribution in [0.4, 0.5) is 10.5 Å². The van der Waals surface area contributed by atoms with Gasteiger partial charge in [0, 0.05) is 35.6 Å². The van der Waals surface area contributed by atoms with Crippen LogP contribution in [-0.4, -0.2) is 40.9 Å². The Bertz CT molecular complexity index is 738. The van der Waals surface area contributed by atoms with Crippen LogP contribution < -0.4 is 21.3 Å². The number of carbonyl (C=O) groups excluding carboxylic acids is 3. The van der Waals surface area contributed by atoms with Crippen LogP contribution in [0.25, 0.3) is 0 Å². The second-order valence-corrected chi connectivity index (χ2v) is 9.26. The lowest BCUT2D eigenvalue weighted by atomic mass is 10.0. The number of nitrogens with one attached hydrogen (secondary N) is 4. The fourth-order valence-corrected chi connectivity index (χ4v) is 5.10. The van der Waals surface area contributed by atoms with Gasteiger partial charge in [-0.2, -0.15) is 11.8 Å². The molecule has 7 nitrogen and oxygen atoms in total. The first kappa shape index (κ1) is 21.5. The van der Waals surface area contributed by atoms with Crippen molar-refractivity contribution >= 4 is 35.3 Å². The van der Waals surface area contributed by atoms with Crippen molar-refractivity contribution in [2.45, 2.75) is 63.4 Å². The molecule has 2 saturated heterocycles. The summed E-state index contributed by atoms with van der Waals surface area (Å²) in [4.78, 5) is 35.2. The Hall–Kier alpha value is -2.22. The van der Waals surface area contributed by atoms with Crippen LogP contribution in [0.5, 0.6) is 0 Å². The lowest BCUT2D eigenvalue weighted by Gasteiger charge is -2.16. The van der Waals surface area contributed by atoms with Gasteiger partial charge in [-0.1, -0.05) is 32.4 Å². The summed E-state index contributed by atoms with van der Waals surface area (Å²) >= 11 is 1.90. The van der Waals surface area contributed by atoms with Gasteiger partial charge >= 0.3 is 6.03 Å². The van der Waals surface area contributed by atoms with E-state index in [-0.39, 0.29) is 35.8 Å². The smallest absolute Gasteiger partial charge is 0.315 e. The summed E-state index contributed by atoms with van der Waals surface area (Å²) in [6, 6.07) is 7.96. The number of fused-ring (bicyclic) bond motifs is 1. The molecule has 4 N–H and O–H groups in total. The quantitative estimate of drug-likeness (QED) is 0.366. The third kappa shape index (κ3) is 6.13. The Morgan fingerprint density at radius 1 is 1.17 bits per heavy atom. The third-order valence-electron chi connectivity index (χ3n) is 5.32. The second kappa shape index (κ2) is 10.0. The predicted molar refractivity (Wildman–Crippen MR) is 116 cm³/mol. The zero-order valence-corrected chi connectivity index (χ0v) is 17.8. The maximum Gasteiger partial charge on any atom is 0.315 e. The van der Waals surface area contributed by atoms with E-state index in [0.717, 1.165) is 36.3 Å². The fourth-order valence-electron chi connectivity index (χ4n) is 3.56. The molecule has 0 aromatic heterocycles. The SMILES string of the molecule is CC(C)C(=O)Nc1ccc(CNC(=O)CCCC[C@@H]2SC[C@@H]3NC(=O)N[C@@H]32)cc1. The number of hydrogen-bond donors (Lipinski definition) is 4. The molecule has 2 fully saturated rings. The summed E-state index contributed by atoms with van der Waals surface area (Å²) in [7, 11) is 0. The molecule has 3 rings (SSSR count). The normalized spacial score (nSPS) is 22.7. The molecule has 0 unspecified atom stereocenters. The topological polar surface area (TPSA) is 99.3 Å². The Morgan fingerprint density at radius 3 is 2.66 bits per heavy atom. The van der Waals surface area contributed by atoms with E-state index in [1.165, 1.54) is 0 Å². The second-order valence-electron chi connectivity index (χ2n) is 7.99. The van der Waals surface area contributed by atoms with Gasteiger partial charge in [0.2, 0.25) is 11.8 Å². The van der Waals surface area contributed by atoms with Crippen LogP contribution in [0.15, 0.2) is 24.3 Å². The van der Waals surface area contributed by atoms with E-state index in [4.69, 9.17) is 0 Å². The lowest BCUT2D eigenvalue weighted by Crippen LogP contribution is -2.36. The number of unbranched alkanes of at least 4 members (excludes halogenated alkanes) is 1. The van der Waals surface area contributed by atoms with Crippen LogP contribution in [0, 0.1) is 5.92 Å². The molecule has 0 spiro atoms. The van der Waals surface area contributed by atoms with Crippen LogP contribution in [0.2, 0.25) is 0 Å². The van der Waals surface area contributed by atoms with Crippen molar-refractivity contribution in [3.05, 3.63) is 29.8 Å². The molecule has 2 aliphatic heterocycles. The van der Waals surface area contributed by atoms with Gasteiger partial charge in [-0.05, 0) is 30.5 Å². The molecular formula is C21H30N4O3S. The largest absolute Gasteiger partial charge is 0.352 e. The summed E-state index contributed by atoms with van der Waals surface area (Å²) in [6.07, 6.45) is 3.36. The molecule has 0 bridgehead atoms. The van der Waals surface area contributed by atoms with E-state index >= 15 is 0 Å². The molecule has 0 aliphatic carbocycles. The minimum atomic E-state index is -0.0590. The highest BCUT2D eigenvalue weighted by Gasteiger charge is 2.42. The molecule has 0 saturated carbocycles. The third-order valence-corrected chi connectivity index (χ3v) is 6.82. The Kier molecular flexibility index (Phi) is 7.41. The molecule has 1 aromatic rings. The number of carbonyl (C=O) groups is 3. The maximum atomic E-state index is 12.1. The predicted octanol–water partition coefficient (Wildman–Crippen LogP) is 2.62. The van der Waals surface area contributed by atoms with Crippen LogP contribution in [0.1, 0.15) is 45.1 Å². The summed E-state index contributed by atoms with van der Waals surface area (Å²) in [5.74, 6) is 0.949. The first-order valence-electron chi connectivity index (χ1n) is 10.3. The number of hydrogen-bond acceptors (Lipinski definition) is 4. The highest BCUT2D eigenvalue weighted by Crippen LogP contribution is 2.33. The van der Waals surface area contributed by atoms with E-state index < -0.39 is 0 Å². The zero-order valence-electron chi connectivity index (χ0n) is 17.0. The number of amides is 4. The number of anilines is 1. The van der Waals surface area contributed by atoms with Crippen molar-refractivity contribution < 1.29 is 14.4 Å². The lowest BCUT2D eigenvalue weighted by molar-refractivity contribution is -0.121. The van der Waals surface area contributed by atoms with Gasteiger partial charge < -0.3 is 21.3 Å². The average molecular weight is 419 g/mol. The summed E-state index contributed by atoms with van der Waals surface area (Å²) < 4.78 is 0. The zero-order chi connectivity index (χ0) is 20.8. The molecule has 8 heteroatoms. The van der Waals surface area contributed by atoms with E-state index in [9.17, 15) is 14.4 Å². The minimum absolute atomic E-state index is 0.0100. The van der Waals surface area contributed by atoms with Gasteiger partial charge in [0.25, 0.3) is 0 Å². The number of thioether (sulfide) groups is 1. The van der Waals surface area contributed by atoms with Crippen molar-refractivity contribution in [2.75, 3.05) is 11.1 Å². The van der Waals surface area contributed by atoms with Gasteiger partial charge in [-0.3, -0.25) is 9.59 Å². The van der Waals surface area contributed by atoms with Crippen molar-refractivity contribution in [1.82, 2.24) is 16.0 Å². The highest BCUT2D eigenvalue weighted by molar-refractivity contribution is 8.00. The summed E-state index contributed by atoms with van der Waals surface area (Å²) in [5, 5.41) is 12.2. The van der Waals surface area contributed by atoms with Crippen molar-refractivity contribution in [3.8, 4) is 0 Å². The molecule has 4 amide bonds. The van der Waals surface area contributed by atoms with Gasteiger partial charge in [-0.25, -0.2) is 4.79 Å². The summed E-state index contributed by atoms with van der Waals surface area (Å²) in [5.41, 5.74) is 1.76. The Balaban J connectivity index is 1.30. The van der Waals surface area contributed by atoms with E-state index in [0.29, 0.717) is 18.2 Å². The molecule has 3 atom stereocenters. The molecule has 2 heterocycles. The molecular weight excluding hydrogens is 388 g/mol. The molecule has 2 aliphatic rings. The van der Waals surface area contributed by atoms with Crippen LogP contribution in [-0.2, 0) is 16.1 Å². The molecule has 29 heavy (non-hydrogen) atoms. The van der Waals surface area contributed by atoms with E-state index in [1.807, 2.05) is 49.9 Å². The number of rotatable bonds is 9. The first-order valence-corrected chi connectivity index (χ1v) is 11.3. The number of benzene rings is 1. The minimum Gasteiger partial charge on any atom is -0.352 e. The van der Waals surface area contributed by atoms with Gasteiger partial charge in [0.05, 0.1) is 12.1 Å². The van der Waals surface area contributed by atoms with Gasteiger partial charge in [0.1, 0.15) is 0 Å². The standard InChI is InChI=1S/C21H30N4O3S/c1-13(2)20(27)23-15-9-7-14(8-10-15)11-22-18(26)6-4-3-5-17-19-16(12-29-17)24-21(28)25-19/h7-10,13,16-17,19H,3-6,11-12H2,1-2H3,(H,22,26)(H,23,27)(H2,24,25,28)/t16-,17-,19-/m0/s1. The molecule has 1 aromatic carbocycles. The maximum absolute atomic E-state index is 12.1. The Morgan fingerprint density at radius 2 is 1.93 bits per heavy atom. The molecule has 0 radical (unpaired) electrons. The highest BCUT2D eigenvalue weighted by atomic mass is 32.2. The van der Waals surface area contributed by atoms with E-state index in [1.54, 1.807) is 0 Å². The van der Waals surface area contributed by atoms with Crippen LogP contribution >= 0.6 is 11.8 Å². The number of urea groups is 1. The monoisotopic (exact) mass is 418 g/mol. The Labute approximate surface area is 176 Å². The average Bonchev–Trinajstić information content (AvgIpc) is 3.24.